The van der Waals surface area contributed by atoms with E-state index >= 15 is 0 Å². The molecule has 2 N–H and O–H groups in total. The number of anilines is 1. The largest absolute Gasteiger partial charge is 0.484 e. The Kier molecular flexibility index (Phi) is 8.03. The standard InChI is InChI=1S/C24H21BrClN3O3/c1-15-11-20(12-16(2)23(15)26)32-14-22(30)28-19-9-7-17(8-10-19)24(31)29-27-13-18-5-3-4-6-21(18)25/h3-13H,14H2,1-2H3,(H,28,30)(H,29,31). The average molecular weight is 515 g/mol. The summed E-state index contributed by atoms with van der Waals surface area (Å²) in [5, 5.41) is 7.39. The Balaban J connectivity index is 1.51. The van der Waals surface area contributed by atoms with Gasteiger partial charge in [0.15, 0.2) is 6.61 Å². The number of hydrogen-bond acceptors (Lipinski definition) is 4. The Morgan fingerprint density at radius 2 is 1.72 bits per heavy atom. The van der Waals surface area contributed by atoms with Gasteiger partial charge in [-0.15, -0.1) is 0 Å². The van der Waals surface area contributed by atoms with Crippen LogP contribution in [0.2, 0.25) is 5.02 Å². The van der Waals surface area contributed by atoms with Crippen LogP contribution >= 0.6 is 27.5 Å². The number of rotatable bonds is 7. The van der Waals surface area contributed by atoms with Crippen LogP contribution in [0.25, 0.3) is 0 Å². The highest BCUT2D eigenvalue weighted by atomic mass is 79.9. The number of benzene rings is 3. The average Bonchev–Trinajstić information content (AvgIpc) is 2.77. The maximum atomic E-state index is 12.2. The number of nitrogens with one attached hydrogen (secondary N) is 2. The first-order valence-electron chi connectivity index (χ1n) is 9.71. The topological polar surface area (TPSA) is 79.8 Å². The zero-order chi connectivity index (χ0) is 23.1. The lowest BCUT2D eigenvalue weighted by molar-refractivity contribution is -0.118. The van der Waals surface area contributed by atoms with Crippen molar-refractivity contribution in [3.8, 4) is 5.75 Å². The first kappa shape index (κ1) is 23.5. The molecule has 0 saturated carbocycles. The molecule has 32 heavy (non-hydrogen) atoms. The summed E-state index contributed by atoms with van der Waals surface area (Å²) in [6.07, 6.45) is 1.56. The van der Waals surface area contributed by atoms with Crippen LogP contribution in [-0.2, 0) is 4.79 Å². The summed E-state index contributed by atoms with van der Waals surface area (Å²) in [5.41, 5.74) is 6.06. The SMILES string of the molecule is Cc1cc(OCC(=O)Nc2ccc(C(=O)NN=Cc3ccccc3Br)cc2)cc(C)c1Cl. The Labute approximate surface area is 199 Å². The third kappa shape index (κ3) is 6.42. The smallest absolute Gasteiger partial charge is 0.271 e. The number of aryl methyl sites for hydroxylation is 2. The van der Waals surface area contributed by atoms with Crippen LogP contribution in [0.3, 0.4) is 0 Å². The first-order chi connectivity index (χ1) is 15.3. The van der Waals surface area contributed by atoms with E-state index in [-0.39, 0.29) is 18.4 Å². The number of carbonyl (C=O) groups is 2. The van der Waals surface area contributed by atoms with E-state index < -0.39 is 0 Å². The summed E-state index contributed by atoms with van der Waals surface area (Å²) in [4.78, 5) is 24.4. The van der Waals surface area contributed by atoms with Crippen molar-refractivity contribution in [3.63, 3.8) is 0 Å². The van der Waals surface area contributed by atoms with Crippen LogP contribution < -0.4 is 15.5 Å². The van der Waals surface area contributed by atoms with Crippen molar-refractivity contribution < 1.29 is 14.3 Å². The molecule has 0 heterocycles. The highest BCUT2D eigenvalue weighted by Gasteiger charge is 2.09. The van der Waals surface area contributed by atoms with Crippen LogP contribution in [-0.4, -0.2) is 24.6 Å². The number of halogens is 2. The van der Waals surface area contributed by atoms with Gasteiger partial charge in [-0.25, -0.2) is 5.43 Å². The van der Waals surface area contributed by atoms with Crippen LogP contribution in [0.5, 0.6) is 5.75 Å². The van der Waals surface area contributed by atoms with Crippen molar-refractivity contribution in [2.75, 3.05) is 11.9 Å². The van der Waals surface area contributed by atoms with Crippen molar-refractivity contribution in [2.45, 2.75) is 13.8 Å². The fraction of sp³-hybridized carbons (Fsp3) is 0.125. The molecule has 8 heteroatoms. The second-order valence-electron chi connectivity index (χ2n) is 7.01. The molecule has 3 rings (SSSR count). The Morgan fingerprint density at radius 1 is 1.06 bits per heavy atom. The third-order valence-electron chi connectivity index (χ3n) is 4.49. The number of hydrogen-bond donors (Lipinski definition) is 2. The maximum Gasteiger partial charge on any atom is 0.271 e. The third-order valence-corrected chi connectivity index (χ3v) is 5.80. The van der Waals surface area contributed by atoms with Crippen molar-refractivity contribution >= 4 is 51.2 Å². The monoisotopic (exact) mass is 513 g/mol. The minimum Gasteiger partial charge on any atom is -0.484 e. The molecule has 0 aliphatic heterocycles. The van der Waals surface area contributed by atoms with E-state index in [0.29, 0.717) is 22.0 Å². The van der Waals surface area contributed by atoms with E-state index in [1.54, 1.807) is 42.6 Å². The van der Waals surface area contributed by atoms with Gasteiger partial charge in [0, 0.05) is 26.3 Å². The predicted molar refractivity (Wildman–Crippen MR) is 131 cm³/mol. The summed E-state index contributed by atoms with van der Waals surface area (Å²) < 4.78 is 6.43. The van der Waals surface area contributed by atoms with E-state index in [2.05, 4.69) is 31.8 Å². The van der Waals surface area contributed by atoms with E-state index in [4.69, 9.17) is 16.3 Å². The molecule has 164 valence electrons. The number of ether oxygens (including phenoxy) is 1. The van der Waals surface area contributed by atoms with Crippen molar-refractivity contribution in [1.82, 2.24) is 5.43 Å². The van der Waals surface area contributed by atoms with Gasteiger partial charge in [-0.2, -0.15) is 5.10 Å². The zero-order valence-corrected chi connectivity index (χ0v) is 19.8. The molecule has 0 aromatic heterocycles. The molecule has 0 atom stereocenters. The fourth-order valence-corrected chi connectivity index (χ4v) is 3.34. The number of nitrogens with zero attached hydrogens (tertiary/aromatic N) is 1. The molecule has 3 aromatic rings. The van der Waals surface area contributed by atoms with Gasteiger partial charge >= 0.3 is 0 Å². The van der Waals surface area contributed by atoms with E-state index in [1.807, 2.05) is 38.1 Å². The van der Waals surface area contributed by atoms with Crippen molar-refractivity contribution in [1.29, 1.82) is 0 Å². The highest BCUT2D eigenvalue weighted by molar-refractivity contribution is 9.10. The minimum absolute atomic E-state index is 0.146. The lowest BCUT2D eigenvalue weighted by Gasteiger charge is -2.10. The van der Waals surface area contributed by atoms with Crippen molar-refractivity contribution in [3.05, 3.63) is 92.4 Å². The second kappa shape index (κ2) is 10.9. The van der Waals surface area contributed by atoms with E-state index in [9.17, 15) is 9.59 Å². The molecular weight excluding hydrogens is 494 g/mol. The molecule has 0 bridgehead atoms. The predicted octanol–water partition coefficient (Wildman–Crippen LogP) is 5.50. The second-order valence-corrected chi connectivity index (χ2v) is 8.24. The number of hydrazone groups is 1. The number of carbonyl (C=O) groups excluding carboxylic acids is 2. The van der Waals surface area contributed by atoms with Crippen molar-refractivity contribution in [2.24, 2.45) is 5.10 Å². The van der Waals surface area contributed by atoms with Crippen LogP contribution in [0.4, 0.5) is 5.69 Å². The lowest BCUT2D eigenvalue weighted by atomic mass is 10.1. The molecule has 0 aliphatic rings. The van der Waals surface area contributed by atoms with Crippen LogP contribution in [0.15, 0.2) is 70.2 Å². The van der Waals surface area contributed by atoms with Gasteiger partial charge in [-0.1, -0.05) is 45.7 Å². The summed E-state index contributed by atoms with van der Waals surface area (Å²) in [5.74, 6) is -0.0943. The molecule has 0 unspecified atom stereocenters. The highest BCUT2D eigenvalue weighted by Crippen LogP contribution is 2.25. The van der Waals surface area contributed by atoms with Gasteiger partial charge in [-0.05, 0) is 67.4 Å². The minimum atomic E-state index is -0.358. The molecule has 0 saturated heterocycles. The Morgan fingerprint density at radius 3 is 2.38 bits per heavy atom. The summed E-state index contributed by atoms with van der Waals surface area (Å²) in [6.45, 7) is 3.62. The van der Waals surface area contributed by atoms with Crippen LogP contribution in [0.1, 0.15) is 27.0 Å². The molecular formula is C24H21BrClN3O3. The van der Waals surface area contributed by atoms with Crippen LogP contribution in [0, 0.1) is 13.8 Å². The van der Waals surface area contributed by atoms with Gasteiger partial charge in [-0.3, -0.25) is 9.59 Å². The first-order valence-corrected chi connectivity index (χ1v) is 10.9. The molecule has 0 spiro atoms. The number of amides is 2. The van der Waals surface area contributed by atoms with E-state index in [1.165, 1.54) is 0 Å². The lowest BCUT2D eigenvalue weighted by Crippen LogP contribution is -2.20. The molecule has 3 aromatic carbocycles. The Bertz CT molecular complexity index is 1140. The molecule has 0 aliphatic carbocycles. The quantitative estimate of drug-likeness (QED) is 0.323. The molecule has 0 radical (unpaired) electrons. The Hall–Kier alpha value is -3.16. The molecule has 0 fully saturated rings. The molecule has 6 nitrogen and oxygen atoms in total. The van der Waals surface area contributed by atoms with Gasteiger partial charge < -0.3 is 10.1 Å². The van der Waals surface area contributed by atoms with Gasteiger partial charge in [0.1, 0.15) is 5.75 Å². The van der Waals surface area contributed by atoms with Gasteiger partial charge in [0.25, 0.3) is 11.8 Å². The molecule has 2 amide bonds. The normalized spacial score (nSPS) is 10.8. The summed E-state index contributed by atoms with van der Waals surface area (Å²) in [6, 6.07) is 17.6. The maximum absolute atomic E-state index is 12.2. The zero-order valence-electron chi connectivity index (χ0n) is 17.5. The fourth-order valence-electron chi connectivity index (χ4n) is 2.85. The summed E-state index contributed by atoms with van der Waals surface area (Å²) >= 11 is 9.56. The van der Waals surface area contributed by atoms with Gasteiger partial charge in [0.05, 0.1) is 6.21 Å². The summed E-state index contributed by atoms with van der Waals surface area (Å²) in [7, 11) is 0. The van der Waals surface area contributed by atoms with Gasteiger partial charge in [0.2, 0.25) is 0 Å². The van der Waals surface area contributed by atoms with E-state index in [0.717, 1.165) is 21.2 Å².